The van der Waals surface area contributed by atoms with Gasteiger partial charge in [0.15, 0.2) is 5.82 Å². The first kappa shape index (κ1) is 18.2. The first-order chi connectivity index (χ1) is 12.5. The summed E-state index contributed by atoms with van der Waals surface area (Å²) < 4.78 is 7.26. The van der Waals surface area contributed by atoms with Gasteiger partial charge in [-0.3, -0.25) is 15.6 Å². The van der Waals surface area contributed by atoms with E-state index >= 15 is 0 Å². The molecule has 3 rings (SSSR count). The Balaban J connectivity index is 1.72. The molecule has 26 heavy (non-hydrogen) atoms. The summed E-state index contributed by atoms with van der Waals surface area (Å²) in [4.78, 5) is 20.3. The molecule has 132 valence electrons. The van der Waals surface area contributed by atoms with Crippen LogP contribution in [-0.2, 0) is 0 Å². The van der Waals surface area contributed by atoms with Crippen molar-refractivity contribution in [1.82, 2.24) is 15.4 Å². The Hall–Kier alpha value is -2.65. The maximum absolute atomic E-state index is 12.2. The Morgan fingerprint density at radius 3 is 2.50 bits per heavy atom. The van der Waals surface area contributed by atoms with Crippen molar-refractivity contribution >= 4 is 49.3 Å². The maximum atomic E-state index is 12.2. The number of rotatable bonds is 5. The van der Waals surface area contributed by atoms with Gasteiger partial charge in [-0.15, -0.1) is 0 Å². The van der Waals surface area contributed by atoms with Gasteiger partial charge in [0.25, 0.3) is 5.91 Å². The van der Waals surface area contributed by atoms with Crippen LogP contribution in [0.15, 0.2) is 63.8 Å². The number of anilines is 2. The molecular formula is C17H13Br2N5O2. The summed E-state index contributed by atoms with van der Waals surface area (Å²) in [6.07, 6.45) is 1.29. The van der Waals surface area contributed by atoms with Crippen LogP contribution in [0, 0.1) is 0 Å². The van der Waals surface area contributed by atoms with Gasteiger partial charge in [0.1, 0.15) is 17.8 Å². The first-order valence-electron chi connectivity index (χ1n) is 7.39. The number of hydrogen-bond donors (Lipinski definition) is 3. The number of amides is 1. The number of aromatic nitrogens is 2. The summed E-state index contributed by atoms with van der Waals surface area (Å²) in [6.45, 7) is 0. The van der Waals surface area contributed by atoms with Crippen LogP contribution in [0.5, 0.6) is 11.6 Å². The number of hydrazine groups is 1. The van der Waals surface area contributed by atoms with Gasteiger partial charge in [0.05, 0.1) is 5.56 Å². The predicted molar refractivity (Wildman–Crippen MR) is 106 cm³/mol. The number of nitrogens with zero attached hydrogens (tertiary/aromatic N) is 2. The third-order valence-electron chi connectivity index (χ3n) is 3.29. The van der Waals surface area contributed by atoms with Gasteiger partial charge in [-0.05, 0) is 52.3 Å². The lowest BCUT2D eigenvalue weighted by atomic mass is 10.2. The normalized spacial score (nSPS) is 10.2. The van der Waals surface area contributed by atoms with Crippen LogP contribution in [0.4, 0.5) is 11.5 Å². The summed E-state index contributed by atoms with van der Waals surface area (Å²) in [5, 5.41) is 0. The van der Waals surface area contributed by atoms with Crippen LogP contribution in [0.1, 0.15) is 10.4 Å². The molecule has 1 heterocycles. The molecule has 0 atom stereocenters. The van der Waals surface area contributed by atoms with Crippen molar-refractivity contribution in [2.24, 2.45) is 0 Å². The zero-order valence-corrected chi connectivity index (χ0v) is 16.4. The van der Waals surface area contributed by atoms with E-state index in [0.717, 1.165) is 4.47 Å². The molecule has 7 nitrogen and oxygen atoms in total. The van der Waals surface area contributed by atoms with E-state index in [1.54, 1.807) is 30.3 Å². The summed E-state index contributed by atoms with van der Waals surface area (Å²) in [7, 11) is 0. The number of nitrogens with two attached hydrogens (primary N) is 1. The Bertz CT molecular complexity index is 935. The minimum absolute atomic E-state index is 0.169. The molecule has 0 spiro atoms. The average molecular weight is 479 g/mol. The average Bonchev–Trinajstić information content (AvgIpc) is 2.64. The number of ether oxygens (including phenoxy) is 1. The highest BCUT2D eigenvalue weighted by atomic mass is 79.9. The molecule has 1 amide bonds. The molecule has 0 saturated carbocycles. The van der Waals surface area contributed by atoms with Gasteiger partial charge in [-0.2, -0.15) is 4.98 Å². The van der Waals surface area contributed by atoms with Gasteiger partial charge in [-0.25, -0.2) is 4.98 Å². The highest BCUT2D eigenvalue weighted by Crippen LogP contribution is 2.29. The van der Waals surface area contributed by atoms with E-state index in [2.05, 4.69) is 52.7 Å². The molecule has 0 fully saturated rings. The first-order valence-corrected chi connectivity index (χ1v) is 8.98. The minimum Gasteiger partial charge on any atom is -0.437 e. The standard InChI is InChI=1S/C17H13Br2N5O2/c18-10-5-7-11(8-6-10)26-17-14(20)15(21-9-22-17)23-24-16(25)12-3-1-2-4-13(12)19/h1-9H,20H2,(H,24,25)(H,21,22,23). The van der Waals surface area contributed by atoms with Crippen molar-refractivity contribution < 1.29 is 9.53 Å². The number of hydrogen-bond acceptors (Lipinski definition) is 6. The second-order valence-electron chi connectivity index (χ2n) is 5.06. The monoisotopic (exact) mass is 477 g/mol. The summed E-state index contributed by atoms with van der Waals surface area (Å²) in [5.41, 5.74) is 11.9. The fourth-order valence-corrected chi connectivity index (χ4v) is 2.73. The molecular weight excluding hydrogens is 466 g/mol. The van der Waals surface area contributed by atoms with Crippen molar-refractivity contribution in [1.29, 1.82) is 0 Å². The minimum atomic E-state index is -0.342. The lowest BCUT2D eigenvalue weighted by Gasteiger charge is -2.13. The van der Waals surface area contributed by atoms with Crippen LogP contribution in [0.25, 0.3) is 0 Å². The number of carbonyl (C=O) groups is 1. The van der Waals surface area contributed by atoms with Gasteiger partial charge in [0.2, 0.25) is 5.88 Å². The van der Waals surface area contributed by atoms with E-state index in [-0.39, 0.29) is 23.3 Å². The van der Waals surface area contributed by atoms with Crippen molar-refractivity contribution in [3.05, 3.63) is 69.4 Å². The Morgan fingerprint density at radius 1 is 1.04 bits per heavy atom. The Morgan fingerprint density at radius 2 is 1.77 bits per heavy atom. The molecule has 0 saturated heterocycles. The van der Waals surface area contributed by atoms with Crippen molar-refractivity contribution in [2.75, 3.05) is 11.2 Å². The van der Waals surface area contributed by atoms with Crippen LogP contribution in [0.2, 0.25) is 0 Å². The number of halogens is 2. The third-order valence-corrected chi connectivity index (χ3v) is 4.51. The number of carbonyl (C=O) groups excluding carboxylic acids is 1. The van der Waals surface area contributed by atoms with Crippen molar-refractivity contribution in [3.8, 4) is 11.6 Å². The van der Waals surface area contributed by atoms with Crippen molar-refractivity contribution in [2.45, 2.75) is 0 Å². The second kappa shape index (κ2) is 8.15. The molecule has 9 heteroatoms. The molecule has 1 aromatic heterocycles. The molecule has 0 radical (unpaired) electrons. The largest absolute Gasteiger partial charge is 0.437 e. The van der Waals surface area contributed by atoms with Crippen LogP contribution in [-0.4, -0.2) is 15.9 Å². The lowest BCUT2D eigenvalue weighted by Crippen LogP contribution is -2.30. The van der Waals surface area contributed by atoms with Gasteiger partial charge >= 0.3 is 0 Å². The van der Waals surface area contributed by atoms with Crippen LogP contribution >= 0.6 is 31.9 Å². The molecule has 0 unspecified atom stereocenters. The highest BCUT2D eigenvalue weighted by molar-refractivity contribution is 9.10. The zero-order valence-electron chi connectivity index (χ0n) is 13.2. The van der Waals surface area contributed by atoms with E-state index in [1.807, 2.05) is 18.2 Å². The lowest BCUT2D eigenvalue weighted by molar-refractivity contribution is 0.0961. The van der Waals surface area contributed by atoms with Gasteiger partial charge < -0.3 is 10.5 Å². The number of nitrogens with one attached hydrogen (secondary N) is 2. The van der Waals surface area contributed by atoms with E-state index in [0.29, 0.717) is 15.8 Å². The summed E-state index contributed by atoms with van der Waals surface area (Å²) >= 11 is 6.68. The quantitative estimate of drug-likeness (QED) is 0.476. The molecule has 0 aliphatic rings. The smallest absolute Gasteiger partial charge is 0.270 e. The second-order valence-corrected chi connectivity index (χ2v) is 6.83. The molecule has 0 aliphatic carbocycles. The van der Waals surface area contributed by atoms with Gasteiger partial charge in [0, 0.05) is 8.95 Å². The fraction of sp³-hybridized carbons (Fsp3) is 0. The molecule has 2 aromatic carbocycles. The Kier molecular flexibility index (Phi) is 5.69. The van der Waals surface area contributed by atoms with E-state index < -0.39 is 0 Å². The topological polar surface area (TPSA) is 102 Å². The van der Waals surface area contributed by atoms with Gasteiger partial charge in [-0.1, -0.05) is 28.1 Å². The number of nitrogen functional groups attached to an aromatic ring is 1. The SMILES string of the molecule is Nc1c(NNC(=O)c2ccccc2Br)ncnc1Oc1ccc(Br)cc1. The summed E-state index contributed by atoms with van der Waals surface area (Å²) in [6, 6.07) is 14.3. The number of benzene rings is 2. The molecule has 0 bridgehead atoms. The van der Waals surface area contributed by atoms with E-state index in [4.69, 9.17) is 10.5 Å². The molecule has 3 aromatic rings. The molecule has 4 N–H and O–H groups in total. The van der Waals surface area contributed by atoms with Crippen molar-refractivity contribution in [3.63, 3.8) is 0 Å². The Labute approximate surface area is 166 Å². The van der Waals surface area contributed by atoms with E-state index in [9.17, 15) is 4.79 Å². The molecule has 0 aliphatic heterocycles. The third kappa shape index (κ3) is 4.30. The zero-order chi connectivity index (χ0) is 18.5. The van der Waals surface area contributed by atoms with E-state index in [1.165, 1.54) is 6.33 Å². The summed E-state index contributed by atoms with van der Waals surface area (Å²) in [5.74, 6) is 0.639. The van der Waals surface area contributed by atoms with Crippen LogP contribution < -0.4 is 21.3 Å². The fourth-order valence-electron chi connectivity index (χ4n) is 2.00. The predicted octanol–water partition coefficient (Wildman–Crippen LogP) is 4.13. The highest BCUT2D eigenvalue weighted by Gasteiger charge is 2.13. The van der Waals surface area contributed by atoms with Crippen LogP contribution in [0.3, 0.4) is 0 Å². The maximum Gasteiger partial charge on any atom is 0.270 e.